The summed E-state index contributed by atoms with van der Waals surface area (Å²) in [6.45, 7) is 7.77. The number of carbonyl (C=O) groups is 3. The van der Waals surface area contributed by atoms with Crippen molar-refractivity contribution in [3.8, 4) is 17.2 Å². The van der Waals surface area contributed by atoms with E-state index in [4.69, 9.17) is 18.9 Å². The fraction of sp³-hybridized carbons (Fsp3) is 0.312. The molecule has 226 valence electrons. The fourth-order valence-electron chi connectivity index (χ4n) is 4.65. The summed E-state index contributed by atoms with van der Waals surface area (Å²) < 4.78 is 22.0. The number of rotatable bonds is 13. The van der Waals surface area contributed by atoms with Gasteiger partial charge in [0, 0.05) is 5.56 Å². The van der Waals surface area contributed by atoms with Gasteiger partial charge in [0.25, 0.3) is 5.78 Å². The van der Waals surface area contributed by atoms with Crippen LogP contribution in [0.4, 0.5) is 5.13 Å². The van der Waals surface area contributed by atoms with Crippen molar-refractivity contribution in [2.75, 3.05) is 32.3 Å². The van der Waals surface area contributed by atoms with Crippen LogP contribution in [0.2, 0.25) is 0 Å². The summed E-state index contributed by atoms with van der Waals surface area (Å²) in [6, 6.07) is 10.5. The first-order valence-electron chi connectivity index (χ1n) is 13.8. The number of aromatic nitrogens is 1. The van der Waals surface area contributed by atoms with Gasteiger partial charge in [-0.2, -0.15) is 0 Å². The minimum Gasteiger partial charge on any atom is -0.507 e. The number of nitrogens with zero attached hydrogens (tertiary/aromatic N) is 2. The van der Waals surface area contributed by atoms with Crippen molar-refractivity contribution in [1.29, 1.82) is 0 Å². The highest BCUT2D eigenvalue weighted by atomic mass is 32.1. The van der Waals surface area contributed by atoms with Gasteiger partial charge in [-0.25, -0.2) is 9.78 Å². The van der Waals surface area contributed by atoms with E-state index in [-0.39, 0.29) is 33.5 Å². The minimum atomic E-state index is -1.10. The molecular weight excluding hydrogens is 572 g/mol. The lowest BCUT2D eigenvalue weighted by atomic mass is 9.95. The highest BCUT2D eigenvalue weighted by molar-refractivity contribution is 7.17. The van der Waals surface area contributed by atoms with Gasteiger partial charge >= 0.3 is 11.9 Å². The van der Waals surface area contributed by atoms with Crippen molar-refractivity contribution < 1.29 is 38.4 Å². The summed E-state index contributed by atoms with van der Waals surface area (Å²) in [5, 5.41) is 11.6. The zero-order valence-corrected chi connectivity index (χ0v) is 25.4. The smallest absolute Gasteiger partial charge is 0.350 e. The van der Waals surface area contributed by atoms with Gasteiger partial charge in [-0.3, -0.25) is 14.5 Å². The molecule has 0 radical (unpaired) electrons. The molecule has 0 bridgehead atoms. The van der Waals surface area contributed by atoms with Gasteiger partial charge < -0.3 is 24.1 Å². The Morgan fingerprint density at radius 2 is 1.91 bits per heavy atom. The summed E-state index contributed by atoms with van der Waals surface area (Å²) >= 11 is 0.917. The Morgan fingerprint density at radius 1 is 1.12 bits per heavy atom. The van der Waals surface area contributed by atoms with E-state index in [9.17, 15) is 19.5 Å². The molecular formula is C32H34N2O8S. The van der Waals surface area contributed by atoms with Crippen LogP contribution in [0.15, 0.2) is 60.7 Å². The highest BCUT2D eigenvalue weighted by Crippen LogP contribution is 2.45. The number of hydrogen-bond acceptors (Lipinski definition) is 10. The monoisotopic (exact) mass is 606 g/mol. The van der Waals surface area contributed by atoms with Gasteiger partial charge in [-0.05, 0) is 43.2 Å². The van der Waals surface area contributed by atoms with Crippen LogP contribution in [0, 0.1) is 6.92 Å². The Morgan fingerprint density at radius 3 is 2.60 bits per heavy atom. The normalized spacial score (nSPS) is 15.8. The Hall–Kier alpha value is -4.64. The van der Waals surface area contributed by atoms with Gasteiger partial charge in [0.2, 0.25) is 0 Å². The van der Waals surface area contributed by atoms with Crippen LogP contribution in [0.5, 0.6) is 17.2 Å². The van der Waals surface area contributed by atoms with Crippen LogP contribution >= 0.6 is 11.3 Å². The number of aryl methyl sites for hydroxylation is 1. The van der Waals surface area contributed by atoms with Crippen molar-refractivity contribution in [2.45, 2.75) is 39.2 Å². The summed E-state index contributed by atoms with van der Waals surface area (Å²) in [5.41, 5.74) is 0.927. The molecule has 2 heterocycles. The molecule has 2 aromatic carbocycles. The summed E-state index contributed by atoms with van der Waals surface area (Å²) in [4.78, 5) is 45.7. The minimum absolute atomic E-state index is 0.00319. The largest absolute Gasteiger partial charge is 0.507 e. The lowest BCUT2D eigenvalue weighted by Crippen LogP contribution is -2.29. The zero-order valence-electron chi connectivity index (χ0n) is 24.5. The molecule has 43 heavy (non-hydrogen) atoms. The third kappa shape index (κ3) is 6.56. The standard InChI is InChI=1S/C32H34N2O8S/c1-6-8-9-16-41-23-14-13-20(18-24(23)40-5)26-25(27(35)21-11-10-12-22(17-21)39-4)28(36)30(37)34(26)32-33-19(3)29(43-32)31(38)42-15-7-2/h7,10-14,17-18,26,35H,2,6,8-9,15-16H2,1,3-5H3/b27-25+. The summed E-state index contributed by atoms with van der Waals surface area (Å²) in [5.74, 6) is -1.48. The number of carbonyl (C=O) groups excluding carboxylic acids is 3. The second kappa shape index (κ2) is 14.0. The number of benzene rings is 2. The lowest BCUT2D eigenvalue weighted by Gasteiger charge is -2.24. The number of unbranched alkanes of at least 4 members (excludes halogenated alkanes) is 2. The molecule has 1 amide bonds. The molecule has 1 unspecified atom stereocenters. The Bertz CT molecular complexity index is 1560. The number of amides is 1. The lowest BCUT2D eigenvalue weighted by molar-refractivity contribution is -0.132. The van der Waals surface area contributed by atoms with Crippen LogP contribution in [-0.4, -0.2) is 55.2 Å². The molecule has 1 aromatic heterocycles. The van der Waals surface area contributed by atoms with E-state index in [1.807, 2.05) is 0 Å². The van der Waals surface area contributed by atoms with E-state index in [1.165, 1.54) is 25.2 Å². The first-order chi connectivity index (χ1) is 20.7. The molecule has 4 rings (SSSR count). The van der Waals surface area contributed by atoms with E-state index < -0.39 is 23.7 Å². The topological polar surface area (TPSA) is 124 Å². The number of ether oxygens (including phenoxy) is 4. The maximum absolute atomic E-state index is 13.6. The molecule has 1 atom stereocenters. The van der Waals surface area contributed by atoms with Crippen molar-refractivity contribution >= 4 is 39.9 Å². The predicted molar refractivity (Wildman–Crippen MR) is 163 cm³/mol. The molecule has 1 aliphatic heterocycles. The van der Waals surface area contributed by atoms with Gasteiger partial charge in [0.15, 0.2) is 16.6 Å². The number of thiazole rings is 1. The Kier molecular flexibility index (Phi) is 10.2. The number of esters is 1. The Balaban J connectivity index is 1.86. The van der Waals surface area contributed by atoms with Crippen molar-refractivity contribution in [1.82, 2.24) is 4.98 Å². The van der Waals surface area contributed by atoms with Crippen LogP contribution in [0.25, 0.3) is 5.76 Å². The zero-order chi connectivity index (χ0) is 31.1. The number of anilines is 1. The molecule has 0 aliphatic carbocycles. The van der Waals surface area contributed by atoms with E-state index in [0.717, 1.165) is 30.6 Å². The third-order valence-corrected chi connectivity index (χ3v) is 7.94. The summed E-state index contributed by atoms with van der Waals surface area (Å²) in [7, 11) is 2.98. The second-order valence-electron chi connectivity index (χ2n) is 9.67. The quantitative estimate of drug-likeness (QED) is 0.0622. The van der Waals surface area contributed by atoms with Crippen LogP contribution in [0.3, 0.4) is 0 Å². The van der Waals surface area contributed by atoms with E-state index >= 15 is 0 Å². The highest BCUT2D eigenvalue weighted by Gasteiger charge is 2.48. The molecule has 11 heteroatoms. The molecule has 1 N–H and O–H groups in total. The molecule has 10 nitrogen and oxygen atoms in total. The first kappa shape index (κ1) is 31.3. The fourth-order valence-corrected chi connectivity index (χ4v) is 5.64. The number of aliphatic hydroxyl groups is 1. The van der Waals surface area contributed by atoms with Crippen LogP contribution < -0.4 is 19.1 Å². The third-order valence-electron chi connectivity index (χ3n) is 6.81. The average molecular weight is 607 g/mol. The first-order valence-corrected chi connectivity index (χ1v) is 14.6. The maximum atomic E-state index is 13.6. The number of methoxy groups -OCH3 is 2. The van der Waals surface area contributed by atoms with Crippen LogP contribution in [-0.2, 0) is 14.3 Å². The number of Topliss-reactive ketones (excluding diaryl/α,β-unsaturated/α-hetero) is 1. The van der Waals surface area contributed by atoms with Gasteiger partial charge in [-0.1, -0.05) is 62.0 Å². The average Bonchev–Trinajstić information content (AvgIpc) is 3.53. The molecule has 1 fully saturated rings. The van der Waals surface area contributed by atoms with Crippen LogP contribution in [0.1, 0.15) is 58.7 Å². The van der Waals surface area contributed by atoms with E-state index in [2.05, 4.69) is 18.5 Å². The van der Waals surface area contributed by atoms with E-state index in [0.29, 0.717) is 35.1 Å². The van der Waals surface area contributed by atoms with Gasteiger partial charge in [0.1, 0.15) is 23.0 Å². The molecule has 0 saturated carbocycles. The Labute approximate surface area is 254 Å². The van der Waals surface area contributed by atoms with Crippen molar-refractivity contribution in [2.24, 2.45) is 0 Å². The van der Waals surface area contributed by atoms with Gasteiger partial charge in [-0.15, -0.1) is 0 Å². The number of ketones is 1. The molecule has 3 aromatic rings. The SMILES string of the molecule is C=CCOC(=O)c1sc(N2C(=O)C(=O)/C(=C(/O)c3cccc(OC)c3)C2c2ccc(OCCCCC)c(OC)c2)nc1C. The van der Waals surface area contributed by atoms with Crippen molar-refractivity contribution in [3.05, 3.63) is 82.4 Å². The molecule has 1 saturated heterocycles. The number of aliphatic hydroxyl groups excluding tert-OH is 1. The van der Waals surface area contributed by atoms with Gasteiger partial charge in [0.05, 0.1) is 38.1 Å². The van der Waals surface area contributed by atoms with Crippen molar-refractivity contribution in [3.63, 3.8) is 0 Å². The second-order valence-corrected chi connectivity index (χ2v) is 10.6. The molecule has 1 aliphatic rings. The molecule has 0 spiro atoms. The summed E-state index contributed by atoms with van der Waals surface area (Å²) in [6.07, 6.45) is 4.39. The maximum Gasteiger partial charge on any atom is 0.350 e. The predicted octanol–water partition coefficient (Wildman–Crippen LogP) is 6.01. The number of hydrogen-bond donors (Lipinski definition) is 1. The van der Waals surface area contributed by atoms with E-state index in [1.54, 1.807) is 49.4 Å².